The van der Waals surface area contributed by atoms with E-state index in [4.69, 9.17) is 22.1 Å². The van der Waals surface area contributed by atoms with Gasteiger partial charge < -0.3 is 15.8 Å². The number of benzene rings is 1. The molecular weight excluding hydrogens is 430 g/mol. The van der Waals surface area contributed by atoms with Crippen molar-refractivity contribution in [1.29, 1.82) is 0 Å². The number of nitrogens with one attached hydrogen (secondary N) is 2. The van der Waals surface area contributed by atoms with Crippen LogP contribution in [0, 0.1) is 0 Å². The molecule has 4 aromatic rings. The van der Waals surface area contributed by atoms with Crippen molar-refractivity contribution < 1.29 is 14.3 Å². The predicted octanol–water partition coefficient (Wildman–Crippen LogP) is 2.14. The summed E-state index contributed by atoms with van der Waals surface area (Å²) in [5.74, 6) is 0.403. The standard InChI is InChI=1S/C18H16ClN7O3S/c1-9(27)22-4-5-29-10-2-3-11(12(19)6-10)13-7-21-8-26(13)17-14-16(24-25-17)23-18(30-14)15(20)28/h2-3,6-8H,4-5H2,1H3,(H2,20,28)(H,22,27)(H,24,25). The van der Waals surface area contributed by atoms with Gasteiger partial charge in [-0.15, -0.1) is 11.3 Å². The van der Waals surface area contributed by atoms with E-state index in [0.29, 0.717) is 45.8 Å². The summed E-state index contributed by atoms with van der Waals surface area (Å²) in [6.07, 6.45) is 3.26. The highest BCUT2D eigenvalue weighted by atomic mass is 35.5. The Kier molecular flexibility index (Phi) is 5.38. The number of halogens is 1. The number of thiazole rings is 1. The van der Waals surface area contributed by atoms with Gasteiger partial charge in [0.25, 0.3) is 5.91 Å². The molecule has 0 saturated heterocycles. The van der Waals surface area contributed by atoms with Gasteiger partial charge in [-0.1, -0.05) is 11.6 Å². The van der Waals surface area contributed by atoms with Gasteiger partial charge in [-0.3, -0.25) is 19.3 Å². The van der Waals surface area contributed by atoms with Crippen LogP contribution in [-0.2, 0) is 4.79 Å². The Hall–Kier alpha value is -3.44. The number of carbonyl (C=O) groups excluding carboxylic acids is 2. The second-order valence-corrected chi connectivity index (χ2v) is 7.64. The average molecular weight is 446 g/mol. The van der Waals surface area contributed by atoms with Crippen molar-refractivity contribution in [2.45, 2.75) is 6.92 Å². The van der Waals surface area contributed by atoms with Gasteiger partial charge in [0.05, 0.1) is 23.5 Å². The SMILES string of the molecule is CC(=O)NCCOc1ccc(-c2cncn2-c2n[nH]c3nc(C(N)=O)sc23)c(Cl)c1. The van der Waals surface area contributed by atoms with Gasteiger partial charge in [0.1, 0.15) is 23.4 Å². The van der Waals surface area contributed by atoms with E-state index in [1.54, 1.807) is 29.2 Å². The largest absolute Gasteiger partial charge is 0.492 e. The molecule has 4 N–H and O–H groups in total. The molecule has 12 heteroatoms. The van der Waals surface area contributed by atoms with Crippen LogP contribution in [-0.4, -0.2) is 49.7 Å². The summed E-state index contributed by atoms with van der Waals surface area (Å²) >= 11 is 7.64. The quantitative estimate of drug-likeness (QED) is 0.372. The van der Waals surface area contributed by atoms with Crippen LogP contribution >= 0.6 is 22.9 Å². The first kappa shape index (κ1) is 19.9. The topological polar surface area (TPSA) is 141 Å². The lowest BCUT2D eigenvalue weighted by molar-refractivity contribution is -0.119. The number of aromatic amines is 1. The van der Waals surface area contributed by atoms with Crippen LogP contribution in [0.5, 0.6) is 5.75 Å². The third-order valence-electron chi connectivity index (χ3n) is 4.14. The van der Waals surface area contributed by atoms with Crippen molar-refractivity contribution in [2.24, 2.45) is 5.73 Å². The molecule has 0 aliphatic heterocycles. The molecule has 0 atom stereocenters. The summed E-state index contributed by atoms with van der Waals surface area (Å²) < 4.78 is 8.03. The maximum absolute atomic E-state index is 11.4. The molecule has 4 rings (SSSR count). The molecule has 30 heavy (non-hydrogen) atoms. The van der Waals surface area contributed by atoms with Crippen molar-refractivity contribution in [3.05, 3.63) is 40.8 Å². The number of nitrogens with zero attached hydrogens (tertiary/aromatic N) is 4. The molecular formula is C18H16ClN7O3S. The third-order valence-corrected chi connectivity index (χ3v) is 5.52. The number of ether oxygens (including phenoxy) is 1. The molecule has 2 amide bonds. The normalized spacial score (nSPS) is 11.0. The minimum Gasteiger partial charge on any atom is -0.492 e. The van der Waals surface area contributed by atoms with E-state index in [1.165, 1.54) is 6.92 Å². The molecule has 0 fully saturated rings. The number of primary amides is 1. The highest BCUT2D eigenvalue weighted by Crippen LogP contribution is 2.34. The van der Waals surface area contributed by atoms with Crippen molar-refractivity contribution in [2.75, 3.05) is 13.2 Å². The third kappa shape index (κ3) is 3.84. The lowest BCUT2D eigenvalue weighted by Crippen LogP contribution is -2.25. The zero-order valence-electron chi connectivity index (χ0n) is 15.7. The maximum Gasteiger partial charge on any atom is 0.277 e. The molecule has 154 valence electrons. The van der Waals surface area contributed by atoms with Crippen molar-refractivity contribution in [3.63, 3.8) is 0 Å². The summed E-state index contributed by atoms with van der Waals surface area (Å²) in [6, 6.07) is 5.29. The summed E-state index contributed by atoms with van der Waals surface area (Å²) in [5, 5.41) is 10.4. The number of fused-ring (bicyclic) bond motifs is 1. The zero-order chi connectivity index (χ0) is 21.3. The Labute approximate surface area is 179 Å². The monoisotopic (exact) mass is 445 g/mol. The summed E-state index contributed by atoms with van der Waals surface area (Å²) in [4.78, 5) is 30.7. The second kappa shape index (κ2) is 8.13. The van der Waals surface area contributed by atoms with Crippen LogP contribution in [0.15, 0.2) is 30.7 Å². The van der Waals surface area contributed by atoms with E-state index in [2.05, 4.69) is 25.5 Å². The highest BCUT2D eigenvalue weighted by Gasteiger charge is 2.19. The van der Waals surface area contributed by atoms with Gasteiger partial charge >= 0.3 is 0 Å². The molecule has 0 spiro atoms. The van der Waals surface area contributed by atoms with Crippen LogP contribution in [0.2, 0.25) is 5.02 Å². The second-order valence-electron chi connectivity index (χ2n) is 6.23. The minimum absolute atomic E-state index is 0.114. The first-order valence-electron chi connectivity index (χ1n) is 8.78. The van der Waals surface area contributed by atoms with Crippen LogP contribution in [0.3, 0.4) is 0 Å². The summed E-state index contributed by atoms with van der Waals surface area (Å²) in [6.45, 7) is 2.17. The van der Waals surface area contributed by atoms with Crippen LogP contribution < -0.4 is 15.8 Å². The number of nitrogens with two attached hydrogens (primary N) is 1. The summed E-state index contributed by atoms with van der Waals surface area (Å²) in [5.41, 5.74) is 7.22. The van der Waals surface area contributed by atoms with E-state index in [0.717, 1.165) is 16.9 Å². The average Bonchev–Trinajstić information content (AvgIpc) is 3.40. The number of hydrogen-bond donors (Lipinski definition) is 3. The molecule has 1 aromatic carbocycles. The Morgan fingerprint density at radius 3 is 2.97 bits per heavy atom. The minimum atomic E-state index is -0.599. The van der Waals surface area contributed by atoms with E-state index in [1.807, 2.05) is 6.07 Å². The first-order chi connectivity index (χ1) is 14.4. The van der Waals surface area contributed by atoms with Gasteiger partial charge in [-0.25, -0.2) is 9.97 Å². The van der Waals surface area contributed by atoms with E-state index < -0.39 is 5.91 Å². The van der Waals surface area contributed by atoms with Gasteiger partial charge in [0.15, 0.2) is 16.5 Å². The Bertz CT molecular complexity index is 1250. The fourth-order valence-electron chi connectivity index (χ4n) is 2.83. The van der Waals surface area contributed by atoms with E-state index >= 15 is 0 Å². The molecule has 0 aliphatic carbocycles. The molecule has 0 bridgehead atoms. The van der Waals surface area contributed by atoms with Gasteiger partial charge in [-0.2, -0.15) is 5.10 Å². The number of aromatic nitrogens is 5. The van der Waals surface area contributed by atoms with E-state index in [9.17, 15) is 9.59 Å². The first-order valence-corrected chi connectivity index (χ1v) is 9.98. The van der Waals surface area contributed by atoms with Gasteiger partial charge in [-0.05, 0) is 18.2 Å². The molecule has 10 nitrogen and oxygen atoms in total. The number of H-pyrrole nitrogens is 1. The molecule has 0 radical (unpaired) electrons. The molecule has 3 heterocycles. The molecule has 3 aromatic heterocycles. The Morgan fingerprint density at radius 1 is 1.40 bits per heavy atom. The molecule has 0 aliphatic rings. The zero-order valence-corrected chi connectivity index (χ0v) is 17.3. The lowest BCUT2D eigenvalue weighted by Gasteiger charge is -2.10. The van der Waals surface area contributed by atoms with Crippen LogP contribution in [0.4, 0.5) is 0 Å². The lowest BCUT2D eigenvalue weighted by atomic mass is 10.1. The van der Waals surface area contributed by atoms with Crippen molar-refractivity contribution in [1.82, 2.24) is 30.0 Å². The van der Waals surface area contributed by atoms with Gasteiger partial charge in [0.2, 0.25) is 5.91 Å². The maximum atomic E-state index is 11.4. The predicted molar refractivity (Wildman–Crippen MR) is 112 cm³/mol. The van der Waals surface area contributed by atoms with Gasteiger partial charge in [0, 0.05) is 12.5 Å². The smallest absolute Gasteiger partial charge is 0.277 e. The highest BCUT2D eigenvalue weighted by molar-refractivity contribution is 7.20. The van der Waals surface area contributed by atoms with Crippen molar-refractivity contribution in [3.8, 4) is 22.8 Å². The molecule has 0 saturated carbocycles. The van der Waals surface area contributed by atoms with Crippen LogP contribution in [0.1, 0.15) is 16.7 Å². The number of imidazole rings is 1. The fourth-order valence-corrected chi connectivity index (χ4v) is 3.95. The molecule has 0 unspecified atom stereocenters. The Morgan fingerprint density at radius 2 is 2.23 bits per heavy atom. The number of carbonyl (C=O) groups is 2. The Balaban J connectivity index is 1.62. The number of rotatable bonds is 7. The summed E-state index contributed by atoms with van der Waals surface area (Å²) in [7, 11) is 0. The van der Waals surface area contributed by atoms with E-state index in [-0.39, 0.29) is 10.9 Å². The number of hydrogen-bond acceptors (Lipinski definition) is 7. The fraction of sp³-hybridized carbons (Fsp3) is 0.167. The number of amides is 2. The van der Waals surface area contributed by atoms with Crippen molar-refractivity contribution >= 4 is 45.1 Å². The van der Waals surface area contributed by atoms with Crippen LogP contribution in [0.25, 0.3) is 27.4 Å².